The summed E-state index contributed by atoms with van der Waals surface area (Å²) in [5.74, 6) is 2.30. The van der Waals surface area contributed by atoms with Gasteiger partial charge in [-0.1, -0.05) is 38.8 Å². The summed E-state index contributed by atoms with van der Waals surface area (Å²) in [5, 5.41) is 9.23. The van der Waals surface area contributed by atoms with E-state index < -0.39 is 6.17 Å². The van der Waals surface area contributed by atoms with Crippen LogP contribution in [-0.4, -0.2) is 11.3 Å². The van der Waals surface area contributed by atoms with Crippen molar-refractivity contribution in [2.75, 3.05) is 0 Å². The molecule has 2 rings (SSSR count). The Morgan fingerprint density at radius 3 is 2.35 bits per heavy atom. The first kappa shape index (κ1) is 15.3. The number of rotatable bonds is 5. The Morgan fingerprint density at radius 1 is 1.15 bits per heavy atom. The van der Waals surface area contributed by atoms with Crippen LogP contribution in [0.15, 0.2) is 24.3 Å². The van der Waals surface area contributed by atoms with Gasteiger partial charge >= 0.3 is 0 Å². The molecule has 1 N–H and O–H groups in total. The third-order valence-electron chi connectivity index (χ3n) is 4.89. The maximum atomic E-state index is 14.2. The van der Waals surface area contributed by atoms with Crippen LogP contribution in [0.2, 0.25) is 0 Å². The van der Waals surface area contributed by atoms with Crippen molar-refractivity contribution in [1.82, 2.24) is 0 Å². The highest BCUT2D eigenvalue weighted by molar-refractivity contribution is 5.26. The second-order valence-corrected chi connectivity index (χ2v) is 6.70. The maximum Gasteiger partial charge on any atom is 0.115 e. The molecule has 112 valence electrons. The number of halogens is 1. The molecule has 1 saturated carbocycles. The predicted molar refractivity (Wildman–Crippen MR) is 81.6 cm³/mol. The van der Waals surface area contributed by atoms with Crippen molar-refractivity contribution in [3.8, 4) is 5.75 Å². The lowest BCUT2D eigenvalue weighted by atomic mass is 9.75. The van der Waals surface area contributed by atoms with Gasteiger partial charge in [0.25, 0.3) is 0 Å². The Bertz CT molecular complexity index is 392. The van der Waals surface area contributed by atoms with Gasteiger partial charge in [-0.3, -0.25) is 0 Å². The van der Waals surface area contributed by atoms with Crippen molar-refractivity contribution in [3.63, 3.8) is 0 Å². The molecule has 1 fully saturated rings. The molecule has 2 unspecified atom stereocenters. The highest BCUT2D eigenvalue weighted by atomic mass is 19.1. The molecule has 2 heteroatoms. The number of hydrogen-bond acceptors (Lipinski definition) is 1. The number of benzene rings is 1. The minimum absolute atomic E-state index is 0.244. The molecular formula is C18H27FO. The van der Waals surface area contributed by atoms with Crippen molar-refractivity contribution in [1.29, 1.82) is 0 Å². The van der Waals surface area contributed by atoms with E-state index >= 15 is 0 Å². The molecule has 0 bridgehead atoms. The summed E-state index contributed by atoms with van der Waals surface area (Å²) in [6.45, 7) is 4.54. The molecule has 0 amide bonds. The fraction of sp³-hybridized carbons (Fsp3) is 0.667. The van der Waals surface area contributed by atoms with Crippen LogP contribution in [0, 0.1) is 17.8 Å². The second-order valence-electron chi connectivity index (χ2n) is 6.70. The SMILES string of the molecule is CC1CCC(C(C)CC(F)Cc2ccc(O)cc2)CC1. The van der Waals surface area contributed by atoms with Crippen molar-refractivity contribution in [3.05, 3.63) is 29.8 Å². The molecular weight excluding hydrogens is 251 g/mol. The highest BCUT2D eigenvalue weighted by Gasteiger charge is 2.25. The summed E-state index contributed by atoms with van der Waals surface area (Å²) in [6, 6.07) is 6.89. The normalized spacial score (nSPS) is 26.1. The fourth-order valence-corrected chi connectivity index (χ4v) is 3.42. The van der Waals surface area contributed by atoms with Gasteiger partial charge in [0.05, 0.1) is 0 Å². The number of hydrogen-bond donors (Lipinski definition) is 1. The van der Waals surface area contributed by atoms with E-state index in [0.717, 1.165) is 11.5 Å². The third-order valence-corrected chi connectivity index (χ3v) is 4.89. The van der Waals surface area contributed by atoms with E-state index in [0.29, 0.717) is 24.7 Å². The zero-order valence-corrected chi connectivity index (χ0v) is 12.7. The summed E-state index contributed by atoms with van der Waals surface area (Å²) < 4.78 is 14.2. The van der Waals surface area contributed by atoms with E-state index in [1.165, 1.54) is 25.7 Å². The van der Waals surface area contributed by atoms with Crippen LogP contribution in [-0.2, 0) is 6.42 Å². The van der Waals surface area contributed by atoms with Gasteiger partial charge in [0.15, 0.2) is 0 Å². The van der Waals surface area contributed by atoms with Crippen molar-refractivity contribution < 1.29 is 9.50 Å². The largest absolute Gasteiger partial charge is 0.508 e. The summed E-state index contributed by atoms with van der Waals surface area (Å²) in [6.07, 6.45) is 5.53. The lowest BCUT2D eigenvalue weighted by molar-refractivity contribution is 0.176. The molecule has 1 aliphatic carbocycles. The minimum Gasteiger partial charge on any atom is -0.508 e. The van der Waals surface area contributed by atoms with Gasteiger partial charge in [-0.2, -0.15) is 0 Å². The fourth-order valence-electron chi connectivity index (χ4n) is 3.42. The molecule has 2 atom stereocenters. The van der Waals surface area contributed by atoms with Gasteiger partial charge in [-0.25, -0.2) is 4.39 Å². The Labute approximate surface area is 122 Å². The summed E-state index contributed by atoms with van der Waals surface area (Å²) in [7, 11) is 0. The Hall–Kier alpha value is -1.05. The standard InChI is InChI=1S/C18H27FO/c1-13-3-7-16(8-4-13)14(2)11-17(19)12-15-5-9-18(20)10-6-15/h5-6,9-10,13-14,16-17,20H,3-4,7-8,11-12H2,1-2H3. The van der Waals surface area contributed by atoms with E-state index in [1.807, 2.05) is 12.1 Å². The van der Waals surface area contributed by atoms with Crippen LogP contribution < -0.4 is 0 Å². The number of phenols is 1. The zero-order valence-electron chi connectivity index (χ0n) is 12.7. The molecule has 0 saturated heterocycles. The number of alkyl halides is 1. The molecule has 1 aliphatic rings. The molecule has 20 heavy (non-hydrogen) atoms. The highest BCUT2D eigenvalue weighted by Crippen LogP contribution is 2.35. The molecule has 0 spiro atoms. The Morgan fingerprint density at radius 2 is 1.75 bits per heavy atom. The van der Waals surface area contributed by atoms with E-state index in [-0.39, 0.29) is 5.75 Å². The van der Waals surface area contributed by atoms with Crippen LogP contribution in [0.1, 0.15) is 51.5 Å². The van der Waals surface area contributed by atoms with Crippen LogP contribution in [0.5, 0.6) is 5.75 Å². The van der Waals surface area contributed by atoms with Crippen molar-refractivity contribution in [2.24, 2.45) is 17.8 Å². The number of phenolic OH excluding ortho intramolecular Hbond substituents is 1. The first-order valence-electron chi connectivity index (χ1n) is 7.96. The predicted octanol–water partition coefficient (Wildman–Crippen LogP) is 5.13. The summed E-state index contributed by atoms with van der Waals surface area (Å²) in [4.78, 5) is 0. The topological polar surface area (TPSA) is 20.2 Å². The molecule has 1 aromatic carbocycles. The minimum atomic E-state index is -0.770. The van der Waals surface area contributed by atoms with Crippen molar-refractivity contribution >= 4 is 0 Å². The van der Waals surface area contributed by atoms with E-state index in [4.69, 9.17) is 0 Å². The Kier molecular flexibility index (Phi) is 5.45. The summed E-state index contributed by atoms with van der Waals surface area (Å²) >= 11 is 0. The monoisotopic (exact) mass is 278 g/mol. The van der Waals surface area contributed by atoms with Crippen molar-refractivity contribution in [2.45, 2.75) is 58.5 Å². The van der Waals surface area contributed by atoms with Gasteiger partial charge in [0, 0.05) is 6.42 Å². The second kappa shape index (κ2) is 7.10. The lowest BCUT2D eigenvalue weighted by Gasteiger charge is -2.31. The third kappa shape index (κ3) is 4.50. The number of aromatic hydroxyl groups is 1. The summed E-state index contributed by atoms with van der Waals surface area (Å²) in [5.41, 5.74) is 0.972. The first-order valence-corrected chi connectivity index (χ1v) is 7.96. The van der Waals surface area contributed by atoms with Crippen LogP contribution in [0.3, 0.4) is 0 Å². The molecule has 0 heterocycles. The van der Waals surface area contributed by atoms with Crippen LogP contribution in [0.4, 0.5) is 4.39 Å². The van der Waals surface area contributed by atoms with E-state index in [9.17, 15) is 9.50 Å². The quantitative estimate of drug-likeness (QED) is 0.792. The smallest absolute Gasteiger partial charge is 0.115 e. The first-order chi connectivity index (χ1) is 9.54. The molecule has 1 aromatic rings. The maximum absolute atomic E-state index is 14.2. The van der Waals surface area contributed by atoms with Crippen LogP contribution >= 0.6 is 0 Å². The van der Waals surface area contributed by atoms with E-state index in [1.54, 1.807) is 12.1 Å². The molecule has 0 radical (unpaired) electrons. The molecule has 0 aromatic heterocycles. The average Bonchev–Trinajstić information content (AvgIpc) is 2.42. The van der Waals surface area contributed by atoms with Gasteiger partial charge in [-0.05, 0) is 54.7 Å². The lowest BCUT2D eigenvalue weighted by Crippen LogP contribution is -2.22. The van der Waals surface area contributed by atoms with Gasteiger partial charge in [-0.15, -0.1) is 0 Å². The molecule has 1 nitrogen and oxygen atoms in total. The van der Waals surface area contributed by atoms with Crippen LogP contribution in [0.25, 0.3) is 0 Å². The van der Waals surface area contributed by atoms with Gasteiger partial charge < -0.3 is 5.11 Å². The average molecular weight is 278 g/mol. The van der Waals surface area contributed by atoms with Gasteiger partial charge in [0.1, 0.15) is 11.9 Å². The Balaban J connectivity index is 1.78. The van der Waals surface area contributed by atoms with Gasteiger partial charge in [0.2, 0.25) is 0 Å². The molecule has 0 aliphatic heterocycles. The zero-order chi connectivity index (χ0) is 14.5. The van der Waals surface area contributed by atoms with E-state index in [2.05, 4.69) is 13.8 Å².